The summed E-state index contributed by atoms with van der Waals surface area (Å²) in [6, 6.07) is 18.5. The van der Waals surface area contributed by atoms with Gasteiger partial charge in [0, 0.05) is 30.3 Å². The summed E-state index contributed by atoms with van der Waals surface area (Å²) >= 11 is 0. The molecule has 9 nitrogen and oxygen atoms in total. The molecule has 3 aromatic heterocycles. The summed E-state index contributed by atoms with van der Waals surface area (Å²) in [5, 5.41) is 22.5. The van der Waals surface area contributed by atoms with E-state index in [9.17, 15) is 0 Å². The maximum Gasteiger partial charge on any atom is 0.254 e. The molecule has 9 heteroatoms. The lowest BCUT2D eigenvalue weighted by Crippen LogP contribution is -2.07. The summed E-state index contributed by atoms with van der Waals surface area (Å²) in [4.78, 5) is 9.10. The fraction of sp³-hybridized carbons (Fsp3) is 0.217. The molecule has 0 atom stereocenters. The van der Waals surface area contributed by atoms with Crippen molar-refractivity contribution in [1.82, 2.24) is 40.2 Å². The second kappa shape index (κ2) is 8.54. The van der Waals surface area contributed by atoms with Gasteiger partial charge >= 0.3 is 0 Å². The first-order valence-electron chi connectivity index (χ1n) is 10.7. The highest BCUT2D eigenvalue weighted by atomic mass is 15.5. The minimum atomic E-state index is 0.582. The van der Waals surface area contributed by atoms with Crippen LogP contribution in [-0.4, -0.2) is 40.2 Å². The number of aromatic amines is 1. The molecular formula is C23H23N9. The van der Waals surface area contributed by atoms with E-state index in [2.05, 4.69) is 78.3 Å². The highest BCUT2D eigenvalue weighted by Gasteiger charge is 2.12. The first-order valence-corrected chi connectivity index (χ1v) is 10.7. The predicted octanol–water partition coefficient (Wildman–Crippen LogP) is 3.71. The first-order chi connectivity index (χ1) is 15.7. The van der Waals surface area contributed by atoms with Gasteiger partial charge in [-0.25, -0.2) is 4.98 Å². The van der Waals surface area contributed by atoms with Crippen molar-refractivity contribution in [3.8, 4) is 22.5 Å². The van der Waals surface area contributed by atoms with Crippen LogP contribution < -0.4 is 5.32 Å². The van der Waals surface area contributed by atoms with Crippen LogP contribution in [0.5, 0.6) is 0 Å². The van der Waals surface area contributed by atoms with Crippen molar-refractivity contribution >= 4 is 11.6 Å². The zero-order chi connectivity index (χ0) is 21.9. The summed E-state index contributed by atoms with van der Waals surface area (Å²) in [5.74, 6) is 2.90. The van der Waals surface area contributed by atoms with Gasteiger partial charge in [0.15, 0.2) is 5.82 Å². The fourth-order valence-corrected chi connectivity index (χ4v) is 3.62. The van der Waals surface area contributed by atoms with Crippen molar-refractivity contribution in [1.29, 1.82) is 0 Å². The highest BCUT2D eigenvalue weighted by molar-refractivity contribution is 5.80. The quantitative estimate of drug-likeness (QED) is 0.409. The summed E-state index contributed by atoms with van der Waals surface area (Å²) in [6.07, 6.45) is 1.62. The second-order valence-electron chi connectivity index (χ2n) is 7.41. The SMILES string of the molecule is CCc1cc(NCc2ccc(-c3ccccc3-c3nn[nH]n3)cc2)n2nc(CC)nc2n1. The normalized spacial score (nSPS) is 11.2. The van der Waals surface area contributed by atoms with Crippen molar-refractivity contribution in [2.45, 2.75) is 33.2 Å². The van der Waals surface area contributed by atoms with Gasteiger partial charge < -0.3 is 5.32 Å². The number of hydrogen-bond donors (Lipinski definition) is 2. The summed E-state index contributed by atoms with van der Waals surface area (Å²) < 4.78 is 1.79. The molecular weight excluding hydrogens is 402 g/mol. The van der Waals surface area contributed by atoms with Crippen LogP contribution in [0.4, 0.5) is 5.82 Å². The van der Waals surface area contributed by atoms with Crippen molar-refractivity contribution in [2.24, 2.45) is 0 Å². The lowest BCUT2D eigenvalue weighted by atomic mass is 9.98. The van der Waals surface area contributed by atoms with Gasteiger partial charge in [0.25, 0.3) is 5.78 Å². The summed E-state index contributed by atoms with van der Waals surface area (Å²) in [6.45, 7) is 4.79. The number of anilines is 1. The first kappa shape index (κ1) is 19.8. The third-order valence-corrected chi connectivity index (χ3v) is 5.34. The second-order valence-corrected chi connectivity index (χ2v) is 7.41. The number of rotatable bonds is 7. The molecule has 5 aromatic rings. The summed E-state index contributed by atoms with van der Waals surface area (Å²) in [5.41, 5.74) is 5.24. The molecule has 0 radical (unpaired) electrons. The van der Waals surface area contributed by atoms with E-state index in [-0.39, 0.29) is 0 Å². The van der Waals surface area contributed by atoms with Crippen LogP contribution in [-0.2, 0) is 19.4 Å². The minimum absolute atomic E-state index is 0.582. The van der Waals surface area contributed by atoms with E-state index in [1.165, 1.54) is 0 Å². The molecule has 0 aliphatic rings. The molecule has 3 heterocycles. The predicted molar refractivity (Wildman–Crippen MR) is 122 cm³/mol. The van der Waals surface area contributed by atoms with E-state index >= 15 is 0 Å². The minimum Gasteiger partial charge on any atom is -0.366 e. The largest absolute Gasteiger partial charge is 0.366 e. The van der Waals surface area contributed by atoms with Gasteiger partial charge in [-0.05, 0) is 28.3 Å². The Bertz CT molecular complexity index is 1340. The number of nitrogens with zero attached hydrogens (tertiary/aromatic N) is 7. The van der Waals surface area contributed by atoms with Gasteiger partial charge in [0.1, 0.15) is 5.82 Å². The summed E-state index contributed by atoms with van der Waals surface area (Å²) in [7, 11) is 0. The van der Waals surface area contributed by atoms with Crippen LogP contribution >= 0.6 is 0 Å². The number of benzene rings is 2. The maximum atomic E-state index is 4.58. The molecule has 0 amide bonds. The lowest BCUT2D eigenvalue weighted by molar-refractivity contribution is 0.866. The standard InChI is InChI=1S/C23H23N9/c1-3-17-13-21(32-23(25-17)26-20(4-2)29-32)24-14-15-9-11-16(12-10-15)18-7-5-6-8-19(18)22-27-30-31-28-22/h5-13,24H,3-4,14H2,1-2H3,(H,27,28,30,31). The van der Waals surface area contributed by atoms with E-state index in [4.69, 9.17) is 0 Å². The van der Waals surface area contributed by atoms with Crippen LogP contribution in [0.25, 0.3) is 28.3 Å². The molecule has 2 aromatic carbocycles. The van der Waals surface area contributed by atoms with Gasteiger partial charge in [-0.1, -0.05) is 62.4 Å². The fourth-order valence-electron chi connectivity index (χ4n) is 3.62. The number of aromatic nitrogens is 8. The number of aryl methyl sites for hydroxylation is 2. The molecule has 0 fully saturated rings. The molecule has 0 unspecified atom stereocenters. The van der Waals surface area contributed by atoms with Gasteiger partial charge in [-0.3, -0.25) is 0 Å². The van der Waals surface area contributed by atoms with Crippen molar-refractivity contribution in [3.63, 3.8) is 0 Å². The molecule has 0 spiro atoms. The Hall–Kier alpha value is -4.14. The van der Waals surface area contributed by atoms with Crippen LogP contribution in [0.3, 0.4) is 0 Å². The van der Waals surface area contributed by atoms with Gasteiger partial charge in [-0.15, -0.1) is 15.3 Å². The highest BCUT2D eigenvalue weighted by Crippen LogP contribution is 2.29. The molecule has 0 saturated carbocycles. The van der Waals surface area contributed by atoms with Crippen LogP contribution in [0.1, 0.15) is 30.9 Å². The Balaban J connectivity index is 1.38. The van der Waals surface area contributed by atoms with Crippen LogP contribution in [0.15, 0.2) is 54.6 Å². The van der Waals surface area contributed by atoms with E-state index in [0.29, 0.717) is 18.1 Å². The number of tetrazole rings is 1. The molecule has 32 heavy (non-hydrogen) atoms. The lowest BCUT2D eigenvalue weighted by Gasteiger charge is -2.11. The number of nitrogens with one attached hydrogen (secondary N) is 2. The van der Waals surface area contributed by atoms with Gasteiger partial charge in [0.05, 0.1) is 0 Å². The van der Waals surface area contributed by atoms with Crippen molar-refractivity contribution in [2.75, 3.05) is 5.32 Å². The van der Waals surface area contributed by atoms with E-state index < -0.39 is 0 Å². The Kier molecular flexibility index (Phi) is 5.29. The molecule has 160 valence electrons. The van der Waals surface area contributed by atoms with E-state index in [1.807, 2.05) is 31.2 Å². The molecule has 5 rings (SSSR count). The Morgan fingerprint density at radius 1 is 0.938 bits per heavy atom. The van der Waals surface area contributed by atoms with Crippen molar-refractivity contribution in [3.05, 3.63) is 71.7 Å². The third kappa shape index (κ3) is 3.80. The zero-order valence-corrected chi connectivity index (χ0v) is 17.9. The molecule has 0 saturated heterocycles. The average Bonchev–Trinajstić information content (AvgIpc) is 3.53. The zero-order valence-electron chi connectivity index (χ0n) is 17.9. The molecule has 0 aliphatic carbocycles. The molecule has 2 N–H and O–H groups in total. The van der Waals surface area contributed by atoms with Crippen LogP contribution in [0.2, 0.25) is 0 Å². The van der Waals surface area contributed by atoms with E-state index in [1.54, 1.807) is 4.52 Å². The molecule has 0 bridgehead atoms. The Morgan fingerprint density at radius 3 is 2.47 bits per heavy atom. The van der Waals surface area contributed by atoms with Gasteiger partial charge in [-0.2, -0.15) is 14.7 Å². The number of hydrogen-bond acceptors (Lipinski definition) is 7. The van der Waals surface area contributed by atoms with Gasteiger partial charge in [0.2, 0.25) is 5.82 Å². The topological polar surface area (TPSA) is 110 Å². The Labute approximate surface area is 184 Å². The number of H-pyrrole nitrogens is 1. The average molecular weight is 426 g/mol. The monoisotopic (exact) mass is 425 g/mol. The third-order valence-electron chi connectivity index (χ3n) is 5.34. The Morgan fingerprint density at radius 2 is 1.75 bits per heavy atom. The maximum absolute atomic E-state index is 4.58. The van der Waals surface area contributed by atoms with Crippen molar-refractivity contribution < 1.29 is 0 Å². The molecule has 0 aliphatic heterocycles. The smallest absolute Gasteiger partial charge is 0.254 e. The number of fused-ring (bicyclic) bond motifs is 1. The van der Waals surface area contributed by atoms with Crippen LogP contribution in [0, 0.1) is 0 Å². The van der Waals surface area contributed by atoms with E-state index in [0.717, 1.165) is 52.4 Å².